The highest BCUT2D eigenvalue weighted by Gasteiger charge is 2.33. The maximum absolute atomic E-state index is 12.7. The largest absolute Gasteiger partial charge is 0.416 e. The van der Waals surface area contributed by atoms with Crippen LogP contribution in [0.4, 0.5) is 13.2 Å². The average Bonchev–Trinajstić information content (AvgIpc) is 2.67. The van der Waals surface area contributed by atoms with Crippen LogP contribution < -0.4 is 0 Å². The van der Waals surface area contributed by atoms with E-state index in [0.717, 1.165) is 24.3 Å². The predicted octanol–water partition coefficient (Wildman–Crippen LogP) is 2.56. The van der Waals surface area contributed by atoms with E-state index in [1.807, 2.05) is 0 Å². The van der Waals surface area contributed by atoms with E-state index in [0.29, 0.717) is 11.4 Å². The van der Waals surface area contributed by atoms with Gasteiger partial charge in [-0.05, 0) is 43.3 Å². The number of hydrogen-bond donors (Lipinski definition) is 0. The quantitative estimate of drug-likeness (QED) is 0.776. The van der Waals surface area contributed by atoms with Gasteiger partial charge in [-0.15, -0.1) is 0 Å². The van der Waals surface area contributed by atoms with Gasteiger partial charge in [0.25, 0.3) is 5.91 Å². The Morgan fingerprint density at radius 1 is 1.00 bits per heavy atom. The van der Waals surface area contributed by atoms with Crippen molar-refractivity contribution < 1.29 is 26.4 Å². The zero-order chi connectivity index (χ0) is 20.5. The molecule has 1 fully saturated rings. The number of hydrogen-bond acceptors (Lipinski definition) is 4. The van der Waals surface area contributed by atoms with Crippen LogP contribution in [0.5, 0.6) is 0 Å². The molecule has 0 unspecified atom stereocenters. The molecule has 0 saturated carbocycles. The molecule has 1 amide bonds. The van der Waals surface area contributed by atoms with Crippen molar-refractivity contribution in [2.24, 2.45) is 0 Å². The molecule has 10 heteroatoms. The summed E-state index contributed by atoms with van der Waals surface area (Å²) in [6.07, 6.45) is -4.53. The molecule has 6 nitrogen and oxygen atoms in total. The fraction of sp³-hybridized carbons (Fsp3) is 0.333. The van der Waals surface area contributed by atoms with Crippen LogP contribution in [0.1, 0.15) is 21.7 Å². The Morgan fingerprint density at radius 2 is 1.61 bits per heavy atom. The van der Waals surface area contributed by atoms with Crippen LogP contribution in [0.2, 0.25) is 0 Å². The molecule has 0 bridgehead atoms. The van der Waals surface area contributed by atoms with Crippen LogP contribution in [0.3, 0.4) is 0 Å². The molecule has 1 saturated heterocycles. The maximum Gasteiger partial charge on any atom is 0.416 e. The number of rotatable bonds is 3. The second-order valence-corrected chi connectivity index (χ2v) is 8.32. The lowest BCUT2D eigenvalue weighted by atomic mass is 10.2. The van der Waals surface area contributed by atoms with E-state index in [1.54, 1.807) is 25.1 Å². The molecular formula is C18H18F3N3O3S. The van der Waals surface area contributed by atoms with Crippen LogP contribution >= 0.6 is 0 Å². The molecule has 1 aromatic heterocycles. The number of alkyl halides is 3. The number of amides is 1. The van der Waals surface area contributed by atoms with Crippen molar-refractivity contribution in [3.63, 3.8) is 0 Å². The third-order valence-electron chi connectivity index (χ3n) is 4.45. The van der Waals surface area contributed by atoms with E-state index in [9.17, 15) is 26.4 Å². The number of halogens is 3. The smallest absolute Gasteiger partial charge is 0.335 e. The molecule has 0 spiro atoms. The van der Waals surface area contributed by atoms with Crippen LogP contribution in [0, 0.1) is 6.92 Å². The fourth-order valence-electron chi connectivity index (χ4n) is 2.92. The molecule has 28 heavy (non-hydrogen) atoms. The molecule has 0 aliphatic carbocycles. The second kappa shape index (κ2) is 7.51. The number of sulfonamides is 1. The molecule has 1 aromatic carbocycles. The molecule has 3 rings (SSSR count). The van der Waals surface area contributed by atoms with Gasteiger partial charge in [0.2, 0.25) is 10.0 Å². The minimum Gasteiger partial charge on any atom is -0.335 e. The van der Waals surface area contributed by atoms with Gasteiger partial charge in [-0.3, -0.25) is 4.79 Å². The molecule has 2 aromatic rings. The third-order valence-corrected chi connectivity index (χ3v) is 6.37. The second-order valence-electron chi connectivity index (χ2n) is 6.38. The van der Waals surface area contributed by atoms with Gasteiger partial charge in [0.1, 0.15) is 5.69 Å². The van der Waals surface area contributed by atoms with E-state index in [1.165, 1.54) is 9.21 Å². The summed E-state index contributed by atoms with van der Waals surface area (Å²) >= 11 is 0. The summed E-state index contributed by atoms with van der Waals surface area (Å²) < 4.78 is 64.5. The number of nitrogens with zero attached hydrogens (tertiary/aromatic N) is 3. The van der Waals surface area contributed by atoms with Crippen molar-refractivity contribution in [2.75, 3.05) is 26.2 Å². The first-order valence-corrected chi connectivity index (χ1v) is 9.93. The summed E-state index contributed by atoms with van der Waals surface area (Å²) in [7, 11) is -3.93. The summed E-state index contributed by atoms with van der Waals surface area (Å²) in [4.78, 5) is 18.0. The number of pyridine rings is 1. The lowest BCUT2D eigenvalue weighted by Crippen LogP contribution is -2.50. The number of benzene rings is 1. The zero-order valence-corrected chi connectivity index (χ0v) is 15.8. The zero-order valence-electron chi connectivity index (χ0n) is 15.0. The minimum atomic E-state index is -4.53. The number of carbonyl (C=O) groups is 1. The Morgan fingerprint density at radius 3 is 2.14 bits per heavy atom. The highest BCUT2D eigenvalue weighted by molar-refractivity contribution is 7.89. The van der Waals surface area contributed by atoms with Crippen molar-refractivity contribution >= 4 is 15.9 Å². The van der Waals surface area contributed by atoms with E-state index >= 15 is 0 Å². The molecule has 0 atom stereocenters. The van der Waals surface area contributed by atoms with Gasteiger partial charge in [0, 0.05) is 31.9 Å². The van der Waals surface area contributed by atoms with Crippen molar-refractivity contribution in [1.82, 2.24) is 14.2 Å². The summed E-state index contributed by atoms with van der Waals surface area (Å²) in [5.74, 6) is -0.282. The van der Waals surface area contributed by atoms with E-state index in [4.69, 9.17) is 0 Å². The van der Waals surface area contributed by atoms with Gasteiger partial charge in [0.05, 0.1) is 10.5 Å². The maximum atomic E-state index is 12.7. The number of piperazine rings is 1. The van der Waals surface area contributed by atoms with E-state index in [2.05, 4.69) is 4.98 Å². The number of aromatic nitrogens is 1. The third kappa shape index (κ3) is 4.17. The minimum absolute atomic E-state index is 0.0565. The van der Waals surface area contributed by atoms with E-state index < -0.39 is 21.8 Å². The van der Waals surface area contributed by atoms with Gasteiger partial charge in [-0.1, -0.05) is 6.07 Å². The van der Waals surface area contributed by atoms with Gasteiger partial charge in [-0.2, -0.15) is 17.5 Å². The SMILES string of the molecule is Cc1cccc(C(=O)N2CCN(S(=O)(=O)c3ccc(C(F)(F)F)cc3)CC2)n1. The summed E-state index contributed by atoms with van der Waals surface area (Å²) in [5.41, 5.74) is 0.0842. The standard InChI is InChI=1S/C18H18F3N3O3S/c1-13-3-2-4-16(22-13)17(25)23-9-11-24(12-10-23)28(26,27)15-7-5-14(6-8-15)18(19,20)21/h2-8H,9-12H2,1H3. The van der Waals surface area contributed by atoms with Crippen molar-refractivity contribution in [3.05, 3.63) is 59.4 Å². The van der Waals surface area contributed by atoms with Crippen LogP contribution in [0.15, 0.2) is 47.4 Å². The Kier molecular flexibility index (Phi) is 5.44. The van der Waals surface area contributed by atoms with Gasteiger partial charge < -0.3 is 4.90 Å². The normalized spacial score (nSPS) is 16.2. The Bertz CT molecular complexity index is 968. The molecule has 0 N–H and O–H groups in total. The van der Waals surface area contributed by atoms with Crippen LogP contribution in [-0.4, -0.2) is 54.7 Å². The van der Waals surface area contributed by atoms with Gasteiger partial charge >= 0.3 is 6.18 Å². The molecule has 1 aliphatic heterocycles. The summed E-state index contributed by atoms with van der Waals surface area (Å²) in [5, 5.41) is 0. The topological polar surface area (TPSA) is 70.6 Å². The summed E-state index contributed by atoms with van der Waals surface area (Å²) in [6.45, 7) is 2.23. The van der Waals surface area contributed by atoms with Crippen molar-refractivity contribution in [3.8, 4) is 0 Å². The van der Waals surface area contributed by atoms with Crippen molar-refractivity contribution in [2.45, 2.75) is 18.0 Å². The Balaban J connectivity index is 1.69. The first-order valence-electron chi connectivity index (χ1n) is 8.49. The number of aryl methyl sites for hydroxylation is 1. The lowest BCUT2D eigenvalue weighted by molar-refractivity contribution is -0.137. The molecule has 150 valence electrons. The van der Waals surface area contributed by atoms with E-state index in [-0.39, 0.29) is 37.0 Å². The van der Waals surface area contributed by atoms with Gasteiger partial charge in [-0.25, -0.2) is 13.4 Å². The van der Waals surface area contributed by atoms with Crippen molar-refractivity contribution in [1.29, 1.82) is 0 Å². The lowest BCUT2D eigenvalue weighted by Gasteiger charge is -2.33. The molecule has 2 heterocycles. The Labute approximate surface area is 160 Å². The molecule has 0 radical (unpaired) electrons. The Hall–Kier alpha value is -2.46. The predicted molar refractivity (Wildman–Crippen MR) is 95.1 cm³/mol. The van der Waals surface area contributed by atoms with Gasteiger partial charge in [0.15, 0.2) is 0 Å². The number of carbonyl (C=O) groups excluding carboxylic acids is 1. The monoisotopic (exact) mass is 413 g/mol. The molecule has 1 aliphatic rings. The van der Waals surface area contributed by atoms with Crippen LogP contribution in [-0.2, 0) is 16.2 Å². The van der Waals surface area contributed by atoms with Crippen LogP contribution in [0.25, 0.3) is 0 Å². The molecular weight excluding hydrogens is 395 g/mol. The average molecular weight is 413 g/mol. The highest BCUT2D eigenvalue weighted by atomic mass is 32.2. The fourth-order valence-corrected chi connectivity index (χ4v) is 4.34. The first-order chi connectivity index (χ1) is 13.1. The summed E-state index contributed by atoms with van der Waals surface area (Å²) in [6, 6.07) is 8.48. The highest BCUT2D eigenvalue weighted by Crippen LogP contribution is 2.30. The first kappa shape index (κ1) is 20.3.